The Morgan fingerprint density at radius 3 is 2.40 bits per heavy atom. The molecule has 0 amide bonds. The van der Waals surface area contributed by atoms with Gasteiger partial charge in [-0.3, -0.25) is 4.79 Å². The van der Waals surface area contributed by atoms with E-state index >= 15 is 0 Å². The highest BCUT2D eigenvalue weighted by molar-refractivity contribution is 5.96. The first kappa shape index (κ1) is 38.2. The van der Waals surface area contributed by atoms with Crippen molar-refractivity contribution in [2.75, 3.05) is 19.7 Å². The maximum Gasteiger partial charge on any atom is 0.160 e. The van der Waals surface area contributed by atoms with Crippen molar-refractivity contribution in [2.24, 2.45) is 45.8 Å². The van der Waals surface area contributed by atoms with Crippen LogP contribution in [0.25, 0.3) is 0 Å². The lowest BCUT2D eigenvalue weighted by Gasteiger charge is -2.64. The molecule has 1 spiro atoms. The van der Waals surface area contributed by atoms with Crippen molar-refractivity contribution < 1.29 is 50.4 Å². The highest BCUT2D eigenvalue weighted by atomic mass is 16.6. The number of carbonyl (C=O) groups excluding carboxylic acids is 1. The molecule has 1 saturated heterocycles. The van der Waals surface area contributed by atoms with Crippen LogP contribution < -0.4 is 5.32 Å². The molecule has 8 aliphatic carbocycles. The number of nitrogens with one attached hydrogen (secondary N) is 1. The summed E-state index contributed by atoms with van der Waals surface area (Å²) in [4.78, 5) is 14.8. The van der Waals surface area contributed by atoms with Crippen molar-refractivity contribution in [2.45, 2.75) is 139 Å². The Labute approximate surface area is 323 Å². The van der Waals surface area contributed by atoms with E-state index in [1.54, 1.807) is 6.08 Å². The summed E-state index contributed by atoms with van der Waals surface area (Å²) in [5.41, 5.74) is -5.95. The predicted octanol–water partition coefficient (Wildman–Crippen LogP) is 3.14. The zero-order valence-corrected chi connectivity index (χ0v) is 32.9. The van der Waals surface area contributed by atoms with Gasteiger partial charge in [-0.1, -0.05) is 46.3 Å². The second-order valence-corrected chi connectivity index (χ2v) is 19.9. The molecule has 4 saturated carbocycles. The molecule has 1 aromatic rings. The van der Waals surface area contributed by atoms with Crippen LogP contribution in [0.4, 0.5) is 0 Å². The van der Waals surface area contributed by atoms with Crippen LogP contribution in [0.1, 0.15) is 103 Å². The fourth-order valence-electron chi connectivity index (χ4n) is 15.1. The Morgan fingerprint density at radius 1 is 0.964 bits per heavy atom. The van der Waals surface area contributed by atoms with Crippen LogP contribution in [-0.2, 0) is 16.0 Å². The Bertz CT molecular complexity index is 1880. The zero-order valence-electron chi connectivity index (χ0n) is 32.9. The molecule has 16 atom stereocenters. The van der Waals surface area contributed by atoms with Crippen LogP contribution in [0.2, 0.25) is 0 Å². The molecule has 302 valence electrons. The standard InChI is InChI=1S/C44H61NO10/c1-6-45-21-23-18-38(3)10-8-27(23)44(37(51)22(38)2)42(53,13-14-46)36-32(55-44)19-43(54)29-17-31(49)35-34-26-15-24(47)16-30(48)25(26)7-12-41(34,52)33(50)20-39(35,4)28(29)9-11-40(36,43)5/h15-18,22,27-28,32-37,45-48,50-54H,6-14,19-21H2,1-5H3/t22-,27+,28+,32+,33+,34+,35-,36+,37+,38-,39-,40-,41+,42-,43-,44+/m1/s1. The van der Waals surface area contributed by atoms with Gasteiger partial charge in [0.15, 0.2) is 5.78 Å². The number of hydrogen-bond donors (Lipinski definition) is 9. The summed E-state index contributed by atoms with van der Waals surface area (Å²) in [5.74, 6) is -3.88. The molecule has 1 aliphatic heterocycles. The largest absolute Gasteiger partial charge is 0.508 e. The summed E-state index contributed by atoms with van der Waals surface area (Å²) < 4.78 is 7.28. The molecule has 5 fully saturated rings. The van der Waals surface area contributed by atoms with E-state index in [1.165, 1.54) is 12.1 Å². The number of carbonyl (C=O) groups is 1. The van der Waals surface area contributed by atoms with E-state index in [9.17, 15) is 45.6 Å². The predicted molar refractivity (Wildman–Crippen MR) is 202 cm³/mol. The number of allylic oxidation sites excluding steroid dienone is 2. The molecule has 9 aliphatic rings. The van der Waals surface area contributed by atoms with Crippen molar-refractivity contribution in [1.29, 1.82) is 0 Å². The number of rotatable bonds is 5. The number of hydrogen-bond acceptors (Lipinski definition) is 11. The number of benzene rings is 1. The molecule has 1 aromatic carbocycles. The van der Waals surface area contributed by atoms with Gasteiger partial charge < -0.3 is 50.9 Å². The van der Waals surface area contributed by atoms with E-state index in [-0.39, 0.29) is 79.2 Å². The normalized spacial score (nSPS) is 52.0. The van der Waals surface area contributed by atoms with Crippen LogP contribution in [0, 0.1) is 45.8 Å². The molecular weight excluding hydrogens is 702 g/mol. The summed E-state index contributed by atoms with van der Waals surface area (Å²) >= 11 is 0. The molecular formula is C44H61NO10. The minimum Gasteiger partial charge on any atom is -0.508 e. The summed E-state index contributed by atoms with van der Waals surface area (Å²) in [6.45, 7) is 11.2. The quantitative estimate of drug-likeness (QED) is 0.200. The fourth-order valence-corrected chi connectivity index (χ4v) is 15.1. The van der Waals surface area contributed by atoms with Crippen molar-refractivity contribution >= 4 is 5.78 Å². The maximum absolute atomic E-state index is 14.8. The third-order valence-electron chi connectivity index (χ3n) is 17.9. The first-order valence-electron chi connectivity index (χ1n) is 20.9. The van der Waals surface area contributed by atoms with E-state index in [1.807, 2.05) is 27.7 Å². The Morgan fingerprint density at radius 2 is 1.69 bits per heavy atom. The van der Waals surface area contributed by atoms with Gasteiger partial charge in [-0.2, -0.15) is 0 Å². The summed E-state index contributed by atoms with van der Waals surface area (Å²) in [5, 5.41) is 99.1. The third kappa shape index (κ3) is 4.42. The topological polar surface area (TPSA) is 200 Å². The van der Waals surface area contributed by atoms with Crippen LogP contribution in [-0.4, -0.2) is 107 Å². The van der Waals surface area contributed by atoms with E-state index in [0.717, 1.165) is 18.5 Å². The van der Waals surface area contributed by atoms with E-state index in [2.05, 4.69) is 18.3 Å². The highest BCUT2D eigenvalue weighted by Crippen LogP contribution is 2.76. The number of ketones is 1. The summed E-state index contributed by atoms with van der Waals surface area (Å²) in [6, 6.07) is 2.77. The maximum atomic E-state index is 14.8. The first-order chi connectivity index (χ1) is 25.8. The second kappa shape index (κ2) is 11.9. The first-order valence-corrected chi connectivity index (χ1v) is 20.9. The molecule has 9 N–H and O–H groups in total. The van der Waals surface area contributed by atoms with Gasteiger partial charge in [-0.05, 0) is 103 Å². The van der Waals surface area contributed by atoms with Crippen LogP contribution >= 0.6 is 0 Å². The lowest BCUT2D eigenvalue weighted by atomic mass is 9.41. The van der Waals surface area contributed by atoms with Gasteiger partial charge in [0.1, 0.15) is 22.7 Å². The average Bonchev–Trinajstić information content (AvgIpc) is 3.46. The second-order valence-electron chi connectivity index (χ2n) is 19.9. The van der Waals surface area contributed by atoms with Gasteiger partial charge in [-0.15, -0.1) is 0 Å². The van der Waals surface area contributed by atoms with E-state index < -0.39 is 69.3 Å². The number of phenolic OH excluding ortho intramolecular Hbond substituents is 2. The molecule has 2 bridgehead atoms. The lowest BCUT2D eigenvalue weighted by molar-refractivity contribution is -0.246. The Kier molecular flexibility index (Phi) is 8.24. The van der Waals surface area contributed by atoms with Crippen molar-refractivity contribution in [3.05, 3.63) is 46.6 Å². The van der Waals surface area contributed by atoms with Gasteiger partial charge in [0, 0.05) is 61.1 Å². The van der Waals surface area contributed by atoms with Gasteiger partial charge in [0.05, 0.1) is 29.5 Å². The number of aromatic hydroxyl groups is 2. The van der Waals surface area contributed by atoms with Crippen LogP contribution in [0.15, 0.2) is 35.4 Å². The zero-order chi connectivity index (χ0) is 39.5. The highest BCUT2D eigenvalue weighted by Gasteiger charge is 2.82. The molecule has 11 nitrogen and oxygen atoms in total. The SMILES string of the molecule is CCNCC1=C[C@@]2(C)CC[C@@H]1[C@]1(O[C@H]3C[C@@]4(O)C5=CC(=O)[C@@H]6[C@@H]7c8cc(O)cc(O)c8CC[C@]7(O)[C@@H](O)C[C@]6(C)[C@H]5CC[C@]4(C)[C@H]3[C@]1(O)CCO)[C@@H](O)[C@H]2C. The molecule has 0 aromatic heterocycles. The Hall–Kier alpha value is -2.35. The fraction of sp³-hybridized carbons (Fsp3) is 0.750. The average molecular weight is 764 g/mol. The van der Waals surface area contributed by atoms with E-state index in [4.69, 9.17) is 4.74 Å². The minimum atomic E-state index is -1.73. The van der Waals surface area contributed by atoms with Crippen molar-refractivity contribution in [3.8, 4) is 11.5 Å². The number of phenols is 2. The molecule has 0 unspecified atom stereocenters. The molecule has 10 rings (SSSR count). The van der Waals surface area contributed by atoms with Gasteiger partial charge in [-0.25, -0.2) is 0 Å². The molecule has 0 radical (unpaired) electrons. The molecule has 1 heterocycles. The van der Waals surface area contributed by atoms with Gasteiger partial charge in [0.2, 0.25) is 0 Å². The van der Waals surface area contributed by atoms with Crippen LogP contribution in [0.5, 0.6) is 11.5 Å². The smallest absolute Gasteiger partial charge is 0.160 e. The minimum absolute atomic E-state index is 0.0436. The van der Waals surface area contributed by atoms with Gasteiger partial charge in [0.25, 0.3) is 0 Å². The molecule has 11 heteroatoms. The summed E-state index contributed by atoms with van der Waals surface area (Å²) in [6.07, 6.45) is 4.03. The number of aliphatic hydroxyl groups is 6. The van der Waals surface area contributed by atoms with Crippen LogP contribution in [0.3, 0.4) is 0 Å². The van der Waals surface area contributed by atoms with Crippen molar-refractivity contribution in [3.63, 3.8) is 0 Å². The number of aliphatic hydroxyl groups excluding tert-OH is 3. The lowest BCUT2D eigenvalue weighted by Crippen LogP contribution is -2.70. The molecule has 55 heavy (non-hydrogen) atoms. The number of ether oxygens (including phenoxy) is 1. The monoisotopic (exact) mass is 763 g/mol. The van der Waals surface area contributed by atoms with Crippen molar-refractivity contribution in [1.82, 2.24) is 5.32 Å². The summed E-state index contributed by atoms with van der Waals surface area (Å²) in [7, 11) is 0. The number of likely N-dealkylation sites (N-methyl/N-ethyl adjacent to an activating group) is 1. The van der Waals surface area contributed by atoms with Gasteiger partial charge >= 0.3 is 0 Å². The number of fused-ring (bicyclic) bond motifs is 13. The Balaban J connectivity index is 1.15. The third-order valence-corrected chi connectivity index (χ3v) is 17.9. The van der Waals surface area contributed by atoms with E-state index in [0.29, 0.717) is 42.5 Å².